The maximum atomic E-state index is 4.18. The van der Waals surface area contributed by atoms with E-state index in [1.165, 1.54) is 11.1 Å². The molecule has 0 aromatic rings. The number of nitrogens with zero attached hydrogens (tertiary/aromatic N) is 1. The number of allylic oxidation sites excluding steroid dienone is 4. The van der Waals surface area contributed by atoms with Gasteiger partial charge in [0.2, 0.25) is 0 Å². The van der Waals surface area contributed by atoms with Gasteiger partial charge in [-0.25, -0.2) is 0 Å². The topological polar surface area (TPSA) is 12.4 Å². The average Bonchev–Trinajstić information content (AvgIpc) is 2.05. The lowest BCUT2D eigenvalue weighted by atomic mass is 10.1. The lowest BCUT2D eigenvalue weighted by Crippen LogP contribution is -1.86. The van der Waals surface area contributed by atoms with Gasteiger partial charge in [0.15, 0.2) is 0 Å². The average molecular weight is 151 g/mol. The van der Waals surface area contributed by atoms with Gasteiger partial charge >= 0.3 is 0 Å². The quantitative estimate of drug-likeness (QED) is 0.434. The molecule has 0 rings (SSSR count). The molecule has 0 bridgehead atoms. The molecule has 1 nitrogen and oxygen atoms in total. The first-order valence-corrected chi connectivity index (χ1v) is 4.05. The summed E-state index contributed by atoms with van der Waals surface area (Å²) in [6, 6.07) is 0. The van der Waals surface area contributed by atoms with Crippen LogP contribution in [0.4, 0.5) is 0 Å². The minimum atomic E-state index is 0.855. The lowest BCUT2D eigenvalue weighted by Gasteiger charge is -1.98. The van der Waals surface area contributed by atoms with E-state index in [1.807, 2.05) is 27.0 Å². The number of rotatable bonds is 3. The van der Waals surface area contributed by atoms with E-state index in [-0.39, 0.29) is 0 Å². The normalized spacial score (nSPS) is 14.5. The predicted octanol–water partition coefficient (Wildman–Crippen LogP) is 2.99. The van der Waals surface area contributed by atoms with Crippen molar-refractivity contribution < 1.29 is 0 Å². The Morgan fingerprint density at radius 3 is 2.27 bits per heavy atom. The third kappa shape index (κ3) is 3.76. The fraction of sp³-hybridized carbons (Fsp3) is 0.500. The first-order valence-electron chi connectivity index (χ1n) is 4.05. The molecule has 0 N–H and O–H groups in total. The maximum Gasteiger partial charge on any atom is 0.0361 e. The summed E-state index contributed by atoms with van der Waals surface area (Å²) in [7, 11) is 0. The Hall–Kier alpha value is -0.850. The number of hydrogen-bond acceptors (Lipinski definition) is 1. The van der Waals surface area contributed by atoms with Gasteiger partial charge in [0, 0.05) is 12.8 Å². The van der Waals surface area contributed by atoms with Gasteiger partial charge < -0.3 is 0 Å². The Morgan fingerprint density at radius 1 is 1.27 bits per heavy atom. The predicted molar refractivity (Wildman–Crippen MR) is 52.2 cm³/mol. The lowest BCUT2D eigenvalue weighted by molar-refractivity contribution is 1.14. The van der Waals surface area contributed by atoms with Gasteiger partial charge in [-0.2, -0.15) is 0 Å². The van der Waals surface area contributed by atoms with Crippen LogP contribution in [0.5, 0.6) is 0 Å². The van der Waals surface area contributed by atoms with Gasteiger partial charge in [-0.05, 0) is 38.8 Å². The zero-order valence-corrected chi connectivity index (χ0v) is 7.89. The standard InChI is InChI=1S/C10H17N/c1-5-9(4)10(6-2)8-11-7-3/h5-6,8H,7H2,1-4H3/b9-5+,10-6+,11-8-. The molecule has 0 saturated heterocycles. The van der Waals surface area contributed by atoms with Crippen LogP contribution >= 0.6 is 0 Å². The van der Waals surface area contributed by atoms with E-state index in [0.717, 1.165) is 6.54 Å². The minimum Gasteiger partial charge on any atom is -0.293 e. The van der Waals surface area contributed by atoms with Crippen LogP contribution in [-0.2, 0) is 0 Å². The first-order chi connectivity index (χ1) is 5.26. The Kier molecular flexibility index (Phi) is 5.44. The van der Waals surface area contributed by atoms with E-state index in [9.17, 15) is 0 Å². The van der Waals surface area contributed by atoms with Crippen LogP contribution in [0.1, 0.15) is 27.7 Å². The highest BCUT2D eigenvalue weighted by atomic mass is 14.7. The van der Waals surface area contributed by atoms with Gasteiger partial charge in [-0.3, -0.25) is 4.99 Å². The third-order valence-electron chi connectivity index (χ3n) is 1.61. The fourth-order valence-electron chi connectivity index (χ4n) is 0.760. The summed E-state index contributed by atoms with van der Waals surface area (Å²) in [5, 5.41) is 0. The highest BCUT2D eigenvalue weighted by Gasteiger charge is 1.91. The number of aliphatic imine (C=N–C) groups is 1. The molecule has 0 atom stereocenters. The minimum absolute atomic E-state index is 0.855. The summed E-state index contributed by atoms with van der Waals surface area (Å²) >= 11 is 0. The molecule has 0 spiro atoms. The largest absolute Gasteiger partial charge is 0.293 e. The molecule has 0 aliphatic heterocycles. The molecule has 0 radical (unpaired) electrons. The van der Waals surface area contributed by atoms with Gasteiger partial charge in [0.05, 0.1) is 0 Å². The summed E-state index contributed by atoms with van der Waals surface area (Å²) in [6.07, 6.45) is 6.10. The molecule has 0 fully saturated rings. The van der Waals surface area contributed by atoms with Crippen LogP contribution in [0.15, 0.2) is 28.3 Å². The van der Waals surface area contributed by atoms with Gasteiger partial charge in [0.25, 0.3) is 0 Å². The Labute approximate surface area is 69.5 Å². The van der Waals surface area contributed by atoms with Gasteiger partial charge in [-0.1, -0.05) is 12.2 Å². The van der Waals surface area contributed by atoms with Crippen LogP contribution in [0.25, 0.3) is 0 Å². The van der Waals surface area contributed by atoms with Crippen molar-refractivity contribution in [1.29, 1.82) is 0 Å². The number of hydrogen-bond donors (Lipinski definition) is 0. The molecule has 0 heterocycles. The van der Waals surface area contributed by atoms with Crippen molar-refractivity contribution in [3.05, 3.63) is 23.3 Å². The Morgan fingerprint density at radius 2 is 1.91 bits per heavy atom. The molecule has 0 saturated carbocycles. The van der Waals surface area contributed by atoms with Crippen molar-refractivity contribution in [3.63, 3.8) is 0 Å². The smallest absolute Gasteiger partial charge is 0.0361 e. The van der Waals surface area contributed by atoms with Crippen molar-refractivity contribution in [2.75, 3.05) is 6.54 Å². The highest BCUT2D eigenvalue weighted by molar-refractivity contribution is 5.84. The van der Waals surface area contributed by atoms with Crippen LogP contribution in [0, 0.1) is 0 Å². The summed E-state index contributed by atoms with van der Waals surface area (Å²) in [4.78, 5) is 4.18. The van der Waals surface area contributed by atoms with E-state index in [4.69, 9.17) is 0 Å². The van der Waals surface area contributed by atoms with Crippen molar-refractivity contribution in [1.82, 2.24) is 0 Å². The Balaban J connectivity index is 4.32. The van der Waals surface area contributed by atoms with Crippen LogP contribution in [-0.4, -0.2) is 12.8 Å². The zero-order valence-electron chi connectivity index (χ0n) is 7.89. The van der Waals surface area contributed by atoms with Crippen molar-refractivity contribution in [2.24, 2.45) is 4.99 Å². The van der Waals surface area contributed by atoms with Crippen molar-refractivity contribution in [2.45, 2.75) is 27.7 Å². The van der Waals surface area contributed by atoms with E-state index in [1.54, 1.807) is 0 Å². The fourth-order valence-corrected chi connectivity index (χ4v) is 0.760. The molecule has 0 unspecified atom stereocenters. The summed E-state index contributed by atoms with van der Waals surface area (Å²) in [6.45, 7) is 9.06. The third-order valence-corrected chi connectivity index (χ3v) is 1.61. The van der Waals surface area contributed by atoms with E-state index in [2.05, 4.69) is 24.1 Å². The van der Waals surface area contributed by atoms with Crippen molar-refractivity contribution >= 4 is 6.21 Å². The van der Waals surface area contributed by atoms with Crippen LogP contribution in [0.2, 0.25) is 0 Å². The van der Waals surface area contributed by atoms with E-state index >= 15 is 0 Å². The van der Waals surface area contributed by atoms with Crippen LogP contribution in [0.3, 0.4) is 0 Å². The zero-order chi connectivity index (χ0) is 8.69. The molecule has 0 amide bonds. The first kappa shape index (κ1) is 10.2. The highest BCUT2D eigenvalue weighted by Crippen LogP contribution is 2.05. The second-order valence-corrected chi connectivity index (χ2v) is 2.34. The molecule has 0 aliphatic rings. The SMILES string of the molecule is C/C=C(\C=N/CC)C(/C)=C/C. The molecule has 0 aromatic carbocycles. The van der Waals surface area contributed by atoms with Gasteiger partial charge in [-0.15, -0.1) is 0 Å². The van der Waals surface area contributed by atoms with E-state index < -0.39 is 0 Å². The van der Waals surface area contributed by atoms with E-state index in [0.29, 0.717) is 0 Å². The molecular formula is C10H17N. The van der Waals surface area contributed by atoms with Crippen LogP contribution < -0.4 is 0 Å². The summed E-state index contributed by atoms with van der Waals surface area (Å²) < 4.78 is 0. The Bertz CT molecular complexity index is 185. The van der Waals surface area contributed by atoms with Crippen molar-refractivity contribution in [3.8, 4) is 0 Å². The van der Waals surface area contributed by atoms with Gasteiger partial charge in [0.1, 0.15) is 0 Å². The molecule has 11 heavy (non-hydrogen) atoms. The summed E-state index contributed by atoms with van der Waals surface area (Å²) in [5.74, 6) is 0. The molecule has 62 valence electrons. The molecule has 1 heteroatoms. The molecule has 0 aromatic heterocycles. The second-order valence-electron chi connectivity index (χ2n) is 2.34. The maximum absolute atomic E-state index is 4.18. The monoisotopic (exact) mass is 151 g/mol. The second kappa shape index (κ2) is 5.90. The summed E-state index contributed by atoms with van der Waals surface area (Å²) in [5.41, 5.74) is 2.50. The molecule has 0 aliphatic carbocycles. The molecular weight excluding hydrogens is 134 g/mol.